The molecule has 1 aromatic rings. The summed E-state index contributed by atoms with van der Waals surface area (Å²) in [5.41, 5.74) is 3.70. The smallest absolute Gasteiger partial charge is 0.241 e. The van der Waals surface area contributed by atoms with Crippen LogP contribution in [0.25, 0.3) is 0 Å². The van der Waals surface area contributed by atoms with Gasteiger partial charge in [-0.3, -0.25) is 10.1 Å². The summed E-state index contributed by atoms with van der Waals surface area (Å²) in [6, 6.07) is 6.60. The number of hydrogen-bond acceptors (Lipinski definition) is 3. The largest absolute Gasteiger partial charge is 0.318 e. The Morgan fingerprint density at radius 3 is 2.76 bits per heavy atom. The summed E-state index contributed by atoms with van der Waals surface area (Å²) >= 11 is 1.89. The van der Waals surface area contributed by atoms with E-state index in [1.54, 1.807) is 0 Å². The highest BCUT2D eigenvalue weighted by atomic mass is 32.2. The molecule has 1 aliphatic heterocycles. The Morgan fingerprint density at radius 1 is 1.38 bits per heavy atom. The standard InChI is InChI=1S/C17H26N2OS/c1-6-21-10-13(4)19-16(18-14(5)17(19)20)15-9-11(2)7-8-12(15)3/h7-9,13-14,16,18H,6,10H2,1-5H3. The molecule has 0 bridgehead atoms. The molecule has 3 nitrogen and oxygen atoms in total. The predicted molar refractivity (Wildman–Crippen MR) is 90.6 cm³/mol. The molecule has 0 radical (unpaired) electrons. The van der Waals surface area contributed by atoms with Gasteiger partial charge in [0.15, 0.2) is 0 Å². The number of carbonyl (C=O) groups excluding carboxylic acids is 1. The second-order valence-corrected chi connectivity index (χ2v) is 7.22. The van der Waals surface area contributed by atoms with Gasteiger partial charge in [0, 0.05) is 11.8 Å². The molecule has 0 aromatic heterocycles. The molecule has 2 rings (SSSR count). The molecule has 1 aromatic carbocycles. The average Bonchev–Trinajstić information content (AvgIpc) is 2.75. The molecule has 1 heterocycles. The van der Waals surface area contributed by atoms with Gasteiger partial charge in [0.05, 0.1) is 6.04 Å². The Labute approximate surface area is 132 Å². The van der Waals surface area contributed by atoms with Gasteiger partial charge in [0.2, 0.25) is 5.91 Å². The van der Waals surface area contributed by atoms with E-state index in [0.717, 1.165) is 11.5 Å². The van der Waals surface area contributed by atoms with Crippen molar-refractivity contribution in [3.8, 4) is 0 Å². The summed E-state index contributed by atoms with van der Waals surface area (Å²) in [7, 11) is 0. The zero-order valence-electron chi connectivity index (χ0n) is 13.6. The fourth-order valence-corrected chi connectivity index (χ4v) is 3.61. The van der Waals surface area contributed by atoms with Crippen LogP contribution in [0.15, 0.2) is 18.2 Å². The van der Waals surface area contributed by atoms with Crippen LogP contribution in [0.3, 0.4) is 0 Å². The minimum atomic E-state index is -0.107. The van der Waals surface area contributed by atoms with Crippen LogP contribution in [-0.4, -0.2) is 34.4 Å². The number of nitrogens with one attached hydrogen (secondary N) is 1. The third-order valence-corrected chi connectivity index (χ3v) is 5.20. The maximum atomic E-state index is 12.5. The van der Waals surface area contributed by atoms with Crippen molar-refractivity contribution in [3.05, 3.63) is 34.9 Å². The van der Waals surface area contributed by atoms with Gasteiger partial charge >= 0.3 is 0 Å². The Balaban J connectivity index is 2.31. The molecule has 1 aliphatic rings. The molecular weight excluding hydrogens is 280 g/mol. The van der Waals surface area contributed by atoms with Gasteiger partial charge in [-0.1, -0.05) is 30.7 Å². The summed E-state index contributed by atoms with van der Waals surface area (Å²) in [5, 5.41) is 3.46. The van der Waals surface area contributed by atoms with E-state index in [0.29, 0.717) is 0 Å². The molecule has 1 fully saturated rings. The van der Waals surface area contributed by atoms with Crippen molar-refractivity contribution in [2.45, 2.75) is 52.9 Å². The van der Waals surface area contributed by atoms with Crippen LogP contribution in [-0.2, 0) is 4.79 Å². The van der Waals surface area contributed by atoms with E-state index in [1.165, 1.54) is 16.7 Å². The van der Waals surface area contributed by atoms with E-state index in [4.69, 9.17) is 0 Å². The van der Waals surface area contributed by atoms with Crippen molar-refractivity contribution in [1.29, 1.82) is 0 Å². The molecule has 1 N–H and O–H groups in total. The van der Waals surface area contributed by atoms with Crippen LogP contribution in [0.1, 0.15) is 43.6 Å². The van der Waals surface area contributed by atoms with Crippen molar-refractivity contribution >= 4 is 17.7 Å². The van der Waals surface area contributed by atoms with E-state index >= 15 is 0 Å². The quantitative estimate of drug-likeness (QED) is 0.906. The normalized spacial score (nSPS) is 23.7. The first-order valence-corrected chi connectivity index (χ1v) is 8.84. The highest BCUT2D eigenvalue weighted by molar-refractivity contribution is 7.99. The number of thioether (sulfide) groups is 1. The molecule has 0 saturated carbocycles. The lowest BCUT2D eigenvalue weighted by Gasteiger charge is -2.31. The van der Waals surface area contributed by atoms with Crippen molar-refractivity contribution in [2.24, 2.45) is 0 Å². The van der Waals surface area contributed by atoms with Crippen molar-refractivity contribution in [3.63, 3.8) is 0 Å². The van der Waals surface area contributed by atoms with Gasteiger partial charge in [-0.25, -0.2) is 0 Å². The molecule has 4 heteroatoms. The average molecular weight is 306 g/mol. The van der Waals surface area contributed by atoms with Gasteiger partial charge in [-0.15, -0.1) is 0 Å². The minimum absolute atomic E-state index is 0.000133. The van der Waals surface area contributed by atoms with E-state index in [9.17, 15) is 4.79 Å². The molecule has 3 atom stereocenters. The van der Waals surface area contributed by atoms with Gasteiger partial charge in [-0.2, -0.15) is 11.8 Å². The Morgan fingerprint density at radius 2 is 2.10 bits per heavy atom. The first-order valence-electron chi connectivity index (χ1n) is 7.68. The van der Waals surface area contributed by atoms with E-state index in [-0.39, 0.29) is 24.2 Å². The maximum Gasteiger partial charge on any atom is 0.241 e. The Bertz CT molecular complexity index is 518. The van der Waals surface area contributed by atoms with Crippen LogP contribution in [0.4, 0.5) is 0 Å². The number of carbonyl (C=O) groups is 1. The molecule has 1 saturated heterocycles. The highest BCUT2D eigenvalue weighted by Gasteiger charge is 2.40. The predicted octanol–water partition coefficient (Wildman–Crippen LogP) is 3.26. The fourth-order valence-electron chi connectivity index (χ4n) is 2.87. The lowest BCUT2D eigenvalue weighted by Crippen LogP contribution is -2.40. The molecule has 1 amide bonds. The number of aryl methyl sites for hydroxylation is 2. The zero-order valence-corrected chi connectivity index (χ0v) is 14.5. The summed E-state index contributed by atoms with van der Waals surface area (Å²) in [6.07, 6.45) is -0.000133. The lowest BCUT2D eigenvalue weighted by molar-refractivity contribution is -0.131. The Kier molecular flexibility index (Phi) is 5.33. The first-order chi connectivity index (χ1) is 9.95. The van der Waals surface area contributed by atoms with Gasteiger partial charge < -0.3 is 4.90 Å². The Hall–Kier alpha value is -1.00. The topological polar surface area (TPSA) is 32.3 Å². The van der Waals surface area contributed by atoms with Crippen molar-refractivity contribution in [1.82, 2.24) is 10.2 Å². The van der Waals surface area contributed by atoms with E-state index in [2.05, 4.69) is 51.2 Å². The zero-order chi connectivity index (χ0) is 15.6. The van der Waals surface area contributed by atoms with Gasteiger partial charge in [0.1, 0.15) is 6.17 Å². The first kappa shape index (κ1) is 16.4. The molecule has 0 spiro atoms. The summed E-state index contributed by atoms with van der Waals surface area (Å²) in [4.78, 5) is 14.6. The minimum Gasteiger partial charge on any atom is -0.318 e. The molecule has 116 valence electrons. The fraction of sp³-hybridized carbons (Fsp3) is 0.588. The monoisotopic (exact) mass is 306 g/mol. The van der Waals surface area contributed by atoms with Crippen molar-refractivity contribution < 1.29 is 4.79 Å². The number of rotatable bonds is 5. The third-order valence-electron chi connectivity index (χ3n) is 4.08. The number of amides is 1. The number of hydrogen-bond donors (Lipinski definition) is 1. The second kappa shape index (κ2) is 6.84. The van der Waals surface area contributed by atoms with Crippen LogP contribution in [0.2, 0.25) is 0 Å². The van der Waals surface area contributed by atoms with Crippen molar-refractivity contribution in [2.75, 3.05) is 11.5 Å². The molecular formula is C17H26N2OS. The molecule has 0 aliphatic carbocycles. The number of nitrogens with zero attached hydrogens (tertiary/aromatic N) is 1. The van der Waals surface area contributed by atoms with E-state index in [1.807, 2.05) is 23.6 Å². The second-order valence-electron chi connectivity index (χ2n) is 5.90. The molecule has 21 heavy (non-hydrogen) atoms. The van der Waals surface area contributed by atoms with Crippen LogP contribution < -0.4 is 5.32 Å². The van der Waals surface area contributed by atoms with Crippen LogP contribution in [0.5, 0.6) is 0 Å². The SMILES string of the molecule is CCSCC(C)N1C(=O)C(C)NC1c1cc(C)ccc1C. The van der Waals surface area contributed by atoms with Crippen LogP contribution >= 0.6 is 11.8 Å². The van der Waals surface area contributed by atoms with Crippen LogP contribution in [0, 0.1) is 13.8 Å². The third kappa shape index (κ3) is 3.43. The maximum absolute atomic E-state index is 12.5. The summed E-state index contributed by atoms with van der Waals surface area (Å²) < 4.78 is 0. The summed E-state index contributed by atoms with van der Waals surface area (Å²) in [5.74, 6) is 2.28. The van der Waals surface area contributed by atoms with Gasteiger partial charge in [-0.05, 0) is 44.6 Å². The lowest BCUT2D eigenvalue weighted by atomic mass is 10.0. The number of benzene rings is 1. The highest BCUT2D eigenvalue weighted by Crippen LogP contribution is 2.31. The van der Waals surface area contributed by atoms with E-state index < -0.39 is 0 Å². The molecule has 3 unspecified atom stereocenters. The summed E-state index contributed by atoms with van der Waals surface area (Å²) in [6.45, 7) is 10.5. The van der Waals surface area contributed by atoms with Gasteiger partial charge in [0.25, 0.3) is 0 Å².